The highest BCUT2D eigenvalue weighted by molar-refractivity contribution is 6.32. The Bertz CT molecular complexity index is 432. The van der Waals surface area contributed by atoms with Crippen LogP contribution in [0.4, 0.5) is 0 Å². The number of aryl methyl sites for hydroxylation is 1. The molecule has 1 aromatic carbocycles. The summed E-state index contributed by atoms with van der Waals surface area (Å²) in [5, 5.41) is 18.0. The van der Waals surface area contributed by atoms with E-state index in [1.54, 1.807) is 13.0 Å². The molecule has 0 fully saturated rings. The summed E-state index contributed by atoms with van der Waals surface area (Å²) < 4.78 is 0. The largest absolute Gasteiger partial charge is 0.506 e. The van der Waals surface area contributed by atoms with Gasteiger partial charge in [-0.25, -0.2) is 0 Å². The second kappa shape index (κ2) is 4.72. The van der Waals surface area contributed by atoms with E-state index in [4.69, 9.17) is 16.7 Å². The molecule has 0 heterocycles. The van der Waals surface area contributed by atoms with Gasteiger partial charge in [0.2, 0.25) is 0 Å². The zero-order chi connectivity index (χ0) is 11.4. The molecule has 0 atom stereocenters. The third-order valence-electron chi connectivity index (χ3n) is 1.73. The minimum Gasteiger partial charge on any atom is -0.506 e. The van der Waals surface area contributed by atoms with Crippen LogP contribution in [0, 0.1) is 18.8 Å². The van der Waals surface area contributed by atoms with Crippen LogP contribution in [0.1, 0.15) is 17.5 Å². The number of hydrogen-bond donors (Lipinski definition) is 2. The van der Waals surface area contributed by atoms with Crippen molar-refractivity contribution in [3.63, 3.8) is 0 Å². The molecule has 0 bridgehead atoms. The quantitative estimate of drug-likeness (QED) is 0.719. The van der Waals surface area contributed by atoms with Gasteiger partial charge in [-0.2, -0.15) is 0 Å². The Kier molecular flexibility index (Phi) is 3.59. The zero-order valence-electron chi connectivity index (χ0n) is 8.04. The molecule has 3 nitrogen and oxygen atoms in total. The normalized spacial score (nSPS) is 9.20. The van der Waals surface area contributed by atoms with Gasteiger partial charge >= 0.3 is 5.97 Å². The Balaban J connectivity index is 2.95. The molecule has 0 aliphatic rings. The zero-order valence-corrected chi connectivity index (χ0v) is 8.80. The summed E-state index contributed by atoms with van der Waals surface area (Å²) in [5.41, 5.74) is 1.21. The smallest absolute Gasteiger partial charge is 0.315 e. The first-order chi connectivity index (χ1) is 7.00. The number of halogens is 1. The van der Waals surface area contributed by atoms with Gasteiger partial charge in [-0.05, 0) is 24.6 Å². The number of rotatable bonds is 1. The molecule has 0 aliphatic heterocycles. The van der Waals surface area contributed by atoms with E-state index in [9.17, 15) is 9.90 Å². The van der Waals surface area contributed by atoms with Crippen molar-refractivity contribution >= 4 is 17.6 Å². The van der Waals surface area contributed by atoms with Gasteiger partial charge in [0.25, 0.3) is 0 Å². The summed E-state index contributed by atoms with van der Waals surface area (Å²) >= 11 is 5.73. The fourth-order valence-corrected chi connectivity index (χ4v) is 1.30. The maximum Gasteiger partial charge on any atom is 0.315 e. The van der Waals surface area contributed by atoms with E-state index in [1.807, 2.05) is 0 Å². The lowest BCUT2D eigenvalue weighted by Crippen LogP contribution is -1.90. The Hall–Kier alpha value is -1.66. The third-order valence-corrected chi connectivity index (χ3v) is 2.01. The number of hydrogen-bond acceptors (Lipinski definition) is 2. The lowest BCUT2D eigenvalue weighted by molar-refractivity contribution is -0.135. The highest BCUT2D eigenvalue weighted by Gasteiger charge is 2.03. The lowest BCUT2D eigenvalue weighted by Gasteiger charge is -2.01. The van der Waals surface area contributed by atoms with Crippen LogP contribution >= 0.6 is 11.6 Å². The van der Waals surface area contributed by atoms with E-state index in [-0.39, 0.29) is 17.2 Å². The van der Waals surface area contributed by atoms with Gasteiger partial charge in [0.15, 0.2) is 0 Å². The number of carbonyl (C=O) groups is 1. The summed E-state index contributed by atoms with van der Waals surface area (Å²) in [6.45, 7) is 1.70. The molecule has 1 aromatic rings. The first kappa shape index (κ1) is 11.4. The molecular formula is C11H9ClO3. The van der Waals surface area contributed by atoms with E-state index in [0.29, 0.717) is 11.1 Å². The monoisotopic (exact) mass is 224 g/mol. The third kappa shape index (κ3) is 3.19. The van der Waals surface area contributed by atoms with Gasteiger partial charge in [0.1, 0.15) is 12.2 Å². The maximum atomic E-state index is 10.2. The standard InChI is InChI=1S/C11H9ClO3/c1-7-5-8(3-2-4-10(13)14)6-9(12)11(7)15/h5-6,15H,4H2,1H3,(H,13,14). The number of benzene rings is 1. The van der Waals surface area contributed by atoms with Gasteiger partial charge in [0.05, 0.1) is 5.02 Å². The SMILES string of the molecule is Cc1cc(C#CCC(=O)O)cc(Cl)c1O. The predicted molar refractivity (Wildman–Crippen MR) is 57.0 cm³/mol. The summed E-state index contributed by atoms with van der Waals surface area (Å²) in [6.07, 6.45) is -0.211. The average Bonchev–Trinajstić information content (AvgIpc) is 2.13. The van der Waals surface area contributed by atoms with Crippen molar-refractivity contribution in [1.82, 2.24) is 0 Å². The molecule has 0 saturated carbocycles. The molecule has 0 aliphatic carbocycles. The van der Waals surface area contributed by atoms with Crippen molar-refractivity contribution in [2.75, 3.05) is 0 Å². The molecule has 4 heteroatoms. The molecule has 0 radical (unpaired) electrons. The van der Waals surface area contributed by atoms with Crippen LogP contribution in [0.2, 0.25) is 5.02 Å². The highest BCUT2D eigenvalue weighted by atomic mass is 35.5. The number of aliphatic carboxylic acids is 1. The van der Waals surface area contributed by atoms with Gasteiger partial charge in [-0.3, -0.25) is 4.79 Å². The van der Waals surface area contributed by atoms with Crippen LogP contribution in [0.5, 0.6) is 5.75 Å². The topological polar surface area (TPSA) is 57.5 Å². The van der Waals surface area contributed by atoms with Crippen molar-refractivity contribution in [2.24, 2.45) is 0 Å². The molecule has 0 amide bonds. The second-order valence-corrected chi connectivity index (χ2v) is 3.40. The Morgan fingerprint density at radius 2 is 2.20 bits per heavy atom. The minimum atomic E-state index is -0.968. The fourth-order valence-electron chi connectivity index (χ4n) is 1.03. The lowest BCUT2D eigenvalue weighted by atomic mass is 10.1. The van der Waals surface area contributed by atoms with Crippen LogP contribution in [-0.4, -0.2) is 16.2 Å². The van der Waals surface area contributed by atoms with Crippen molar-refractivity contribution in [2.45, 2.75) is 13.3 Å². The minimum absolute atomic E-state index is 0.0282. The van der Waals surface area contributed by atoms with E-state index >= 15 is 0 Å². The van der Waals surface area contributed by atoms with Gasteiger partial charge in [-0.15, -0.1) is 0 Å². The predicted octanol–water partition coefficient (Wildman–Crippen LogP) is 2.18. The van der Waals surface area contributed by atoms with Crippen LogP contribution in [0.3, 0.4) is 0 Å². The fraction of sp³-hybridized carbons (Fsp3) is 0.182. The number of carboxylic acid groups (broad SMARTS) is 1. The number of carboxylic acids is 1. The van der Waals surface area contributed by atoms with Crippen molar-refractivity contribution in [3.8, 4) is 17.6 Å². The number of aromatic hydroxyl groups is 1. The van der Waals surface area contributed by atoms with E-state index < -0.39 is 5.97 Å². The van der Waals surface area contributed by atoms with Crippen molar-refractivity contribution in [1.29, 1.82) is 0 Å². The molecule has 0 unspecified atom stereocenters. The maximum absolute atomic E-state index is 10.2. The molecule has 78 valence electrons. The van der Waals surface area contributed by atoms with Crippen molar-refractivity contribution in [3.05, 3.63) is 28.3 Å². The van der Waals surface area contributed by atoms with E-state index in [1.165, 1.54) is 6.07 Å². The summed E-state index contributed by atoms with van der Waals surface area (Å²) in [5.74, 6) is 4.20. The van der Waals surface area contributed by atoms with E-state index in [2.05, 4.69) is 11.8 Å². The molecule has 0 spiro atoms. The van der Waals surface area contributed by atoms with Gasteiger partial charge in [-0.1, -0.05) is 23.4 Å². The van der Waals surface area contributed by atoms with Crippen LogP contribution in [0.15, 0.2) is 12.1 Å². The Morgan fingerprint density at radius 3 is 2.73 bits per heavy atom. The van der Waals surface area contributed by atoms with Crippen LogP contribution < -0.4 is 0 Å². The summed E-state index contributed by atoms with van der Waals surface area (Å²) in [7, 11) is 0. The summed E-state index contributed by atoms with van der Waals surface area (Å²) in [4.78, 5) is 10.2. The van der Waals surface area contributed by atoms with Crippen LogP contribution in [-0.2, 0) is 4.79 Å². The molecule has 0 aromatic heterocycles. The molecule has 2 N–H and O–H groups in total. The highest BCUT2D eigenvalue weighted by Crippen LogP contribution is 2.27. The first-order valence-electron chi connectivity index (χ1n) is 4.20. The number of phenols is 1. The first-order valence-corrected chi connectivity index (χ1v) is 4.58. The molecular weight excluding hydrogens is 216 g/mol. The summed E-state index contributed by atoms with van der Waals surface area (Å²) in [6, 6.07) is 3.15. The van der Waals surface area contributed by atoms with Gasteiger partial charge < -0.3 is 10.2 Å². The molecule has 15 heavy (non-hydrogen) atoms. The number of phenolic OH excluding ortho intramolecular Hbond substituents is 1. The van der Waals surface area contributed by atoms with Crippen molar-refractivity contribution < 1.29 is 15.0 Å². The van der Waals surface area contributed by atoms with Crippen LogP contribution in [0.25, 0.3) is 0 Å². The molecule has 0 saturated heterocycles. The Labute approximate surface area is 92.3 Å². The molecule has 1 rings (SSSR count). The average molecular weight is 225 g/mol. The Morgan fingerprint density at radius 1 is 1.53 bits per heavy atom. The van der Waals surface area contributed by atoms with E-state index in [0.717, 1.165) is 0 Å². The second-order valence-electron chi connectivity index (χ2n) is 3.00. The van der Waals surface area contributed by atoms with Gasteiger partial charge in [0, 0.05) is 5.56 Å².